The van der Waals surface area contributed by atoms with Crippen LogP contribution in [0.15, 0.2) is 12.1 Å². The number of halogens is 6. The van der Waals surface area contributed by atoms with Gasteiger partial charge in [-0.15, -0.1) is 0 Å². The van der Waals surface area contributed by atoms with E-state index in [0.29, 0.717) is 16.7 Å². The molecule has 0 saturated heterocycles. The molecule has 142 valence electrons. The first-order valence-corrected chi connectivity index (χ1v) is 8.04. The lowest BCUT2D eigenvalue weighted by Gasteiger charge is -2.23. The number of rotatable bonds is 1. The minimum absolute atomic E-state index is 0.0468. The van der Waals surface area contributed by atoms with Crippen LogP contribution in [0.5, 0.6) is 0 Å². The van der Waals surface area contributed by atoms with Crippen LogP contribution in [0.3, 0.4) is 0 Å². The third-order valence-corrected chi connectivity index (χ3v) is 5.17. The van der Waals surface area contributed by atoms with E-state index in [4.69, 9.17) is 0 Å². The van der Waals surface area contributed by atoms with Gasteiger partial charge in [0.25, 0.3) is 0 Å². The second kappa shape index (κ2) is 6.32. The Bertz CT molecular complexity index is 870. The second-order valence-corrected chi connectivity index (χ2v) is 6.71. The third kappa shape index (κ3) is 3.33. The summed E-state index contributed by atoms with van der Waals surface area (Å²) >= 11 is 0. The summed E-state index contributed by atoms with van der Waals surface area (Å²) in [6.07, 6.45) is -9.15. The molecule has 0 aliphatic carbocycles. The number of hydrogen-bond donors (Lipinski definition) is 0. The van der Waals surface area contributed by atoms with Crippen molar-refractivity contribution in [1.29, 1.82) is 0 Å². The molecule has 6 heteroatoms. The Morgan fingerprint density at radius 1 is 0.577 bits per heavy atom. The summed E-state index contributed by atoms with van der Waals surface area (Å²) in [4.78, 5) is 0. The predicted molar refractivity (Wildman–Crippen MR) is 90.3 cm³/mol. The molecule has 0 amide bonds. The largest absolute Gasteiger partial charge is 0.416 e. The van der Waals surface area contributed by atoms with Crippen molar-refractivity contribution < 1.29 is 26.3 Å². The Labute approximate surface area is 148 Å². The van der Waals surface area contributed by atoms with Crippen molar-refractivity contribution in [1.82, 2.24) is 0 Å². The van der Waals surface area contributed by atoms with Crippen molar-refractivity contribution in [2.24, 2.45) is 0 Å². The Hall–Kier alpha value is -1.98. The second-order valence-electron chi connectivity index (χ2n) is 6.71. The molecule has 0 unspecified atom stereocenters. The highest BCUT2D eigenvalue weighted by molar-refractivity contribution is 5.76. The fraction of sp³-hybridized carbons (Fsp3) is 0.400. The van der Waals surface area contributed by atoms with E-state index in [1.165, 1.54) is 33.8 Å². The number of benzene rings is 2. The first-order valence-electron chi connectivity index (χ1n) is 8.04. The van der Waals surface area contributed by atoms with Crippen molar-refractivity contribution in [2.45, 2.75) is 53.9 Å². The maximum Gasteiger partial charge on any atom is 0.416 e. The van der Waals surface area contributed by atoms with Crippen LogP contribution >= 0.6 is 0 Å². The van der Waals surface area contributed by atoms with E-state index in [9.17, 15) is 26.3 Å². The minimum atomic E-state index is -4.58. The highest BCUT2D eigenvalue weighted by Gasteiger charge is 2.37. The van der Waals surface area contributed by atoms with Crippen molar-refractivity contribution in [3.8, 4) is 11.1 Å². The fourth-order valence-electron chi connectivity index (χ4n) is 3.50. The average molecular weight is 374 g/mol. The van der Waals surface area contributed by atoms with Crippen LogP contribution < -0.4 is 0 Å². The normalized spacial score (nSPS) is 12.6. The summed E-state index contributed by atoms with van der Waals surface area (Å²) in [6.45, 7) is 8.82. The molecule has 0 fully saturated rings. The van der Waals surface area contributed by atoms with Crippen molar-refractivity contribution in [3.05, 3.63) is 56.6 Å². The minimum Gasteiger partial charge on any atom is -0.166 e. The fourth-order valence-corrected chi connectivity index (χ4v) is 3.50. The average Bonchev–Trinajstić information content (AvgIpc) is 2.46. The number of alkyl halides is 6. The van der Waals surface area contributed by atoms with Gasteiger partial charge in [-0.2, -0.15) is 26.3 Å². The third-order valence-electron chi connectivity index (χ3n) is 5.17. The molecule has 0 bridgehead atoms. The zero-order chi connectivity index (χ0) is 20.2. The van der Waals surface area contributed by atoms with Gasteiger partial charge in [0.15, 0.2) is 0 Å². The summed E-state index contributed by atoms with van der Waals surface area (Å²) in [5, 5.41) is 0. The first-order chi connectivity index (χ1) is 11.7. The van der Waals surface area contributed by atoms with E-state index < -0.39 is 23.5 Å². The molecule has 0 aliphatic heterocycles. The van der Waals surface area contributed by atoms with E-state index in [1.54, 1.807) is 13.8 Å². The van der Waals surface area contributed by atoms with Gasteiger partial charge in [-0.25, -0.2) is 0 Å². The van der Waals surface area contributed by atoms with Gasteiger partial charge in [0, 0.05) is 0 Å². The molecule has 26 heavy (non-hydrogen) atoms. The molecule has 0 aliphatic rings. The van der Waals surface area contributed by atoms with Crippen LogP contribution in [0.4, 0.5) is 26.3 Å². The molecule has 0 atom stereocenters. The summed E-state index contributed by atoms with van der Waals surface area (Å²) in [6, 6.07) is 2.47. The maximum atomic E-state index is 13.5. The van der Waals surface area contributed by atoms with E-state index >= 15 is 0 Å². The Kier molecular flexibility index (Phi) is 4.94. The molecule has 0 nitrogen and oxygen atoms in total. The van der Waals surface area contributed by atoms with Crippen LogP contribution in [0.2, 0.25) is 0 Å². The molecule has 0 saturated carbocycles. The van der Waals surface area contributed by atoms with Crippen LogP contribution in [-0.2, 0) is 12.4 Å². The van der Waals surface area contributed by atoms with Gasteiger partial charge in [0.1, 0.15) is 0 Å². The molecule has 0 radical (unpaired) electrons. The van der Waals surface area contributed by atoms with E-state index in [0.717, 1.165) is 6.07 Å². The number of aryl methyl sites for hydroxylation is 1. The van der Waals surface area contributed by atoms with Gasteiger partial charge in [0.05, 0.1) is 11.1 Å². The molecular formula is C20H20F6. The summed E-state index contributed by atoms with van der Waals surface area (Å²) < 4.78 is 80.7. The smallest absolute Gasteiger partial charge is 0.166 e. The predicted octanol–water partition coefficient (Wildman–Crippen LogP) is 7.24. The van der Waals surface area contributed by atoms with Crippen molar-refractivity contribution in [3.63, 3.8) is 0 Å². The molecule has 2 aromatic rings. The van der Waals surface area contributed by atoms with Gasteiger partial charge in [0.2, 0.25) is 0 Å². The summed E-state index contributed by atoms with van der Waals surface area (Å²) in [5.41, 5.74) is 0.301. The quantitative estimate of drug-likeness (QED) is 0.462. The van der Waals surface area contributed by atoms with Gasteiger partial charge in [-0.05, 0) is 92.1 Å². The topological polar surface area (TPSA) is 0 Å². The number of hydrogen-bond acceptors (Lipinski definition) is 0. The Morgan fingerprint density at radius 3 is 1.58 bits per heavy atom. The highest BCUT2D eigenvalue weighted by atomic mass is 19.4. The van der Waals surface area contributed by atoms with Gasteiger partial charge < -0.3 is 0 Å². The van der Waals surface area contributed by atoms with E-state index in [1.807, 2.05) is 0 Å². The molecule has 0 spiro atoms. The zero-order valence-corrected chi connectivity index (χ0v) is 15.4. The van der Waals surface area contributed by atoms with Gasteiger partial charge in [-0.3, -0.25) is 0 Å². The monoisotopic (exact) mass is 374 g/mol. The van der Waals surface area contributed by atoms with Crippen molar-refractivity contribution >= 4 is 0 Å². The van der Waals surface area contributed by atoms with Gasteiger partial charge >= 0.3 is 12.4 Å². The zero-order valence-electron chi connectivity index (χ0n) is 15.4. The first kappa shape index (κ1) is 20.3. The maximum absolute atomic E-state index is 13.5. The summed E-state index contributed by atoms with van der Waals surface area (Å²) in [7, 11) is 0. The van der Waals surface area contributed by atoms with E-state index in [2.05, 4.69) is 0 Å². The van der Waals surface area contributed by atoms with Crippen LogP contribution in [0.1, 0.15) is 44.5 Å². The molecule has 0 aromatic heterocycles. The Morgan fingerprint density at radius 2 is 1.12 bits per heavy atom. The lowest BCUT2D eigenvalue weighted by atomic mass is 9.84. The lowest BCUT2D eigenvalue weighted by molar-refractivity contribution is -0.139. The van der Waals surface area contributed by atoms with Crippen LogP contribution in [0.25, 0.3) is 11.1 Å². The molecule has 0 heterocycles. The Balaban J connectivity index is 2.95. The summed E-state index contributed by atoms with van der Waals surface area (Å²) in [5.74, 6) is 0. The van der Waals surface area contributed by atoms with Crippen molar-refractivity contribution in [2.75, 3.05) is 0 Å². The highest BCUT2D eigenvalue weighted by Crippen LogP contribution is 2.44. The molecule has 2 aromatic carbocycles. The van der Waals surface area contributed by atoms with Crippen LogP contribution in [-0.4, -0.2) is 0 Å². The van der Waals surface area contributed by atoms with E-state index in [-0.39, 0.29) is 27.8 Å². The lowest BCUT2D eigenvalue weighted by Crippen LogP contribution is -2.14. The molecular weight excluding hydrogens is 354 g/mol. The molecule has 0 N–H and O–H groups in total. The SMILES string of the molecule is Cc1cc(-c2c(C)c(C)c(C)c(C(F)(F)F)c2C)cc(C(F)(F)F)c1C. The van der Waals surface area contributed by atoms with Crippen LogP contribution in [0, 0.1) is 41.5 Å². The molecule has 2 rings (SSSR count). The standard InChI is InChI=1S/C20H20F6/c1-9-7-15(8-16(10(9)2)19(21,22)23)17-12(4)11(3)13(5)18(14(17)6)20(24,25)26/h7-8H,1-6H3. The van der Waals surface area contributed by atoms with Gasteiger partial charge in [-0.1, -0.05) is 6.07 Å².